The highest BCUT2D eigenvalue weighted by molar-refractivity contribution is 5.91. The minimum atomic E-state index is -0.864. The molecule has 1 aromatic rings. The van der Waals surface area contributed by atoms with Gasteiger partial charge in [-0.15, -0.1) is 0 Å². The fourth-order valence-electron chi connectivity index (χ4n) is 2.53. The average molecular weight is 320 g/mol. The molecule has 0 atom stereocenters. The number of anilines is 2. The van der Waals surface area contributed by atoms with Crippen LogP contribution >= 0.6 is 0 Å². The first kappa shape index (κ1) is 19.3. The molecule has 1 rings (SSSR count). The molecule has 0 saturated heterocycles. The van der Waals surface area contributed by atoms with Gasteiger partial charge >= 0.3 is 5.97 Å². The van der Waals surface area contributed by atoms with Gasteiger partial charge in [-0.3, -0.25) is 0 Å². The standard InChI is InChI=1S/C19H32N2O2/c1-4-7-12-20-17-11-10-16(19(22)23)15-18(17)21(13-8-5-2)14-9-6-3/h10-11,15,20H,4-9,12-14H2,1-3H3,(H,22,23). The third-order valence-electron chi connectivity index (χ3n) is 3.99. The molecule has 0 amide bonds. The summed E-state index contributed by atoms with van der Waals surface area (Å²) in [4.78, 5) is 13.7. The smallest absolute Gasteiger partial charge is 0.335 e. The van der Waals surface area contributed by atoms with Crippen LogP contribution in [-0.4, -0.2) is 30.7 Å². The molecule has 0 aliphatic carbocycles. The summed E-state index contributed by atoms with van der Waals surface area (Å²) >= 11 is 0. The molecule has 4 heteroatoms. The zero-order valence-corrected chi connectivity index (χ0v) is 14.9. The zero-order valence-electron chi connectivity index (χ0n) is 14.9. The van der Waals surface area contributed by atoms with E-state index < -0.39 is 5.97 Å². The lowest BCUT2D eigenvalue weighted by molar-refractivity contribution is 0.0697. The predicted molar refractivity (Wildman–Crippen MR) is 98.8 cm³/mol. The van der Waals surface area contributed by atoms with Crippen molar-refractivity contribution in [1.82, 2.24) is 0 Å². The number of hydrogen-bond acceptors (Lipinski definition) is 3. The van der Waals surface area contributed by atoms with Crippen molar-refractivity contribution in [3.05, 3.63) is 23.8 Å². The zero-order chi connectivity index (χ0) is 17.1. The number of nitrogens with one attached hydrogen (secondary N) is 1. The summed E-state index contributed by atoms with van der Waals surface area (Å²) in [6, 6.07) is 5.43. The first-order chi connectivity index (χ1) is 11.1. The van der Waals surface area contributed by atoms with Gasteiger partial charge in [0.2, 0.25) is 0 Å². The van der Waals surface area contributed by atoms with Crippen LogP contribution in [0.25, 0.3) is 0 Å². The average Bonchev–Trinajstić information content (AvgIpc) is 2.55. The van der Waals surface area contributed by atoms with E-state index in [1.54, 1.807) is 6.07 Å². The van der Waals surface area contributed by atoms with E-state index in [1.165, 1.54) is 0 Å². The van der Waals surface area contributed by atoms with Crippen LogP contribution in [0.3, 0.4) is 0 Å². The van der Waals surface area contributed by atoms with Crippen LogP contribution < -0.4 is 10.2 Å². The Morgan fingerprint density at radius 2 is 1.65 bits per heavy atom. The minimum Gasteiger partial charge on any atom is -0.478 e. The van der Waals surface area contributed by atoms with Gasteiger partial charge in [0, 0.05) is 19.6 Å². The number of carbonyl (C=O) groups is 1. The number of hydrogen-bond donors (Lipinski definition) is 2. The molecule has 23 heavy (non-hydrogen) atoms. The third kappa shape index (κ3) is 6.51. The topological polar surface area (TPSA) is 52.6 Å². The fourth-order valence-corrected chi connectivity index (χ4v) is 2.53. The number of carboxylic acid groups (broad SMARTS) is 1. The number of rotatable bonds is 12. The molecule has 0 aliphatic rings. The molecular formula is C19H32N2O2. The van der Waals surface area contributed by atoms with Crippen molar-refractivity contribution >= 4 is 17.3 Å². The maximum Gasteiger partial charge on any atom is 0.335 e. The van der Waals surface area contributed by atoms with Gasteiger partial charge in [0.1, 0.15) is 0 Å². The molecule has 0 heterocycles. The van der Waals surface area contributed by atoms with Crippen molar-refractivity contribution in [2.24, 2.45) is 0 Å². The van der Waals surface area contributed by atoms with E-state index in [0.29, 0.717) is 5.56 Å². The normalized spacial score (nSPS) is 10.6. The number of unbranched alkanes of at least 4 members (excludes halogenated alkanes) is 3. The lowest BCUT2D eigenvalue weighted by atomic mass is 10.1. The van der Waals surface area contributed by atoms with E-state index >= 15 is 0 Å². The van der Waals surface area contributed by atoms with E-state index in [4.69, 9.17) is 0 Å². The van der Waals surface area contributed by atoms with Crippen molar-refractivity contribution in [1.29, 1.82) is 0 Å². The van der Waals surface area contributed by atoms with Crippen LogP contribution in [0.2, 0.25) is 0 Å². The van der Waals surface area contributed by atoms with Crippen LogP contribution in [0.5, 0.6) is 0 Å². The third-order valence-corrected chi connectivity index (χ3v) is 3.99. The predicted octanol–water partition coefficient (Wildman–Crippen LogP) is 5.00. The van der Waals surface area contributed by atoms with Crippen molar-refractivity contribution in [2.75, 3.05) is 29.9 Å². The molecule has 0 spiro atoms. The summed E-state index contributed by atoms with van der Waals surface area (Å²) in [6.07, 6.45) is 6.78. The van der Waals surface area contributed by atoms with E-state index in [2.05, 4.69) is 31.0 Å². The summed E-state index contributed by atoms with van der Waals surface area (Å²) in [6.45, 7) is 9.42. The Labute approximate surface area is 140 Å². The number of carboxylic acids is 1. The Hall–Kier alpha value is -1.71. The Bertz CT molecular complexity index is 466. The Morgan fingerprint density at radius 3 is 2.17 bits per heavy atom. The fraction of sp³-hybridized carbons (Fsp3) is 0.632. The molecule has 0 fully saturated rings. The first-order valence-electron chi connectivity index (χ1n) is 9.00. The summed E-state index contributed by atoms with van der Waals surface area (Å²) in [7, 11) is 0. The van der Waals surface area contributed by atoms with Crippen LogP contribution in [0.1, 0.15) is 69.7 Å². The molecule has 0 aliphatic heterocycles. The van der Waals surface area contributed by atoms with Gasteiger partial charge in [-0.1, -0.05) is 40.0 Å². The highest BCUT2D eigenvalue weighted by atomic mass is 16.4. The molecule has 4 nitrogen and oxygen atoms in total. The summed E-state index contributed by atoms with van der Waals surface area (Å²) in [5.74, 6) is -0.864. The quantitative estimate of drug-likeness (QED) is 0.532. The first-order valence-corrected chi connectivity index (χ1v) is 9.00. The highest BCUT2D eigenvalue weighted by Gasteiger charge is 2.14. The molecule has 0 bridgehead atoms. The minimum absolute atomic E-state index is 0.360. The molecule has 0 saturated carbocycles. The number of benzene rings is 1. The van der Waals surface area contributed by atoms with E-state index in [1.807, 2.05) is 12.1 Å². The van der Waals surface area contributed by atoms with Crippen LogP contribution in [0.4, 0.5) is 11.4 Å². The van der Waals surface area contributed by atoms with Gasteiger partial charge in [-0.2, -0.15) is 0 Å². The van der Waals surface area contributed by atoms with Crippen molar-refractivity contribution < 1.29 is 9.90 Å². The molecular weight excluding hydrogens is 288 g/mol. The Kier molecular flexibility index (Phi) is 9.18. The summed E-state index contributed by atoms with van der Waals surface area (Å²) in [5, 5.41) is 12.8. The second-order valence-corrected chi connectivity index (χ2v) is 6.01. The van der Waals surface area contributed by atoms with Gasteiger partial charge in [0.05, 0.1) is 16.9 Å². The van der Waals surface area contributed by atoms with Crippen LogP contribution in [-0.2, 0) is 0 Å². The van der Waals surface area contributed by atoms with Gasteiger partial charge < -0.3 is 15.3 Å². The molecule has 0 unspecified atom stereocenters. The number of aromatic carboxylic acids is 1. The Balaban J connectivity index is 3.05. The van der Waals surface area contributed by atoms with E-state index in [0.717, 1.165) is 69.5 Å². The van der Waals surface area contributed by atoms with Gasteiger partial charge in [0.25, 0.3) is 0 Å². The summed E-state index contributed by atoms with van der Waals surface area (Å²) in [5.41, 5.74) is 2.44. The maximum absolute atomic E-state index is 11.3. The van der Waals surface area contributed by atoms with Crippen LogP contribution in [0, 0.1) is 0 Å². The molecule has 0 radical (unpaired) electrons. The van der Waals surface area contributed by atoms with Crippen molar-refractivity contribution in [3.8, 4) is 0 Å². The SMILES string of the molecule is CCCCNc1ccc(C(=O)O)cc1N(CCCC)CCCC. The molecule has 0 aromatic heterocycles. The van der Waals surface area contributed by atoms with E-state index in [9.17, 15) is 9.90 Å². The second-order valence-electron chi connectivity index (χ2n) is 6.01. The molecule has 1 aromatic carbocycles. The maximum atomic E-state index is 11.3. The van der Waals surface area contributed by atoms with Crippen LogP contribution in [0.15, 0.2) is 18.2 Å². The van der Waals surface area contributed by atoms with Gasteiger partial charge in [-0.05, 0) is 37.5 Å². The highest BCUT2D eigenvalue weighted by Crippen LogP contribution is 2.28. The largest absolute Gasteiger partial charge is 0.478 e. The summed E-state index contributed by atoms with van der Waals surface area (Å²) < 4.78 is 0. The lowest BCUT2D eigenvalue weighted by Gasteiger charge is -2.28. The second kappa shape index (κ2) is 10.9. The Morgan fingerprint density at radius 1 is 1.04 bits per heavy atom. The molecule has 130 valence electrons. The van der Waals surface area contributed by atoms with Gasteiger partial charge in [-0.25, -0.2) is 4.79 Å². The molecule has 2 N–H and O–H groups in total. The number of nitrogens with zero attached hydrogens (tertiary/aromatic N) is 1. The van der Waals surface area contributed by atoms with Gasteiger partial charge in [0.15, 0.2) is 0 Å². The van der Waals surface area contributed by atoms with Crippen molar-refractivity contribution in [3.63, 3.8) is 0 Å². The van der Waals surface area contributed by atoms with Crippen molar-refractivity contribution in [2.45, 2.75) is 59.3 Å². The lowest BCUT2D eigenvalue weighted by Crippen LogP contribution is -2.27. The van der Waals surface area contributed by atoms with E-state index in [-0.39, 0.29) is 0 Å². The monoisotopic (exact) mass is 320 g/mol.